The molecule has 3 aromatic rings. The normalized spacial score (nSPS) is 10.6. The van der Waals surface area contributed by atoms with E-state index in [9.17, 15) is 9.18 Å². The van der Waals surface area contributed by atoms with Crippen LogP contribution >= 0.6 is 11.6 Å². The van der Waals surface area contributed by atoms with Gasteiger partial charge >= 0.3 is 0 Å². The highest BCUT2D eigenvalue weighted by molar-refractivity contribution is 6.30. The van der Waals surface area contributed by atoms with E-state index in [1.807, 2.05) is 0 Å². The number of nitrogens with zero attached hydrogens (tertiary/aromatic N) is 5. The molecule has 6 nitrogen and oxygen atoms in total. The molecule has 0 aliphatic heterocycles. The van der Waals surface area contributed by atoms with E-state index in [1.165, 1.54) is 40.6 Å². The van der Waals surface area contributed by atoms with Crippen LogP contribution in [0.2, 0.25) is 5.02 Å². The predicted molar refractivity (Wildman–Crippen MR) is 83.3 cm³/mol. The molecular weight excluding hydrogens is 321 g/mol. The van der Waals surface area contributed by atoms with Crippen LogP contribution in [0, 0.1) is 5.82 Å². The van der Waals surface area contributed by atoms with Crippen LogP contribution in [0.4, 0.5) is 10.2 Å². The van der Waals surface area contributed by atoms with Gasteiger partial charge in [0.25, 0.3) is 5.91 Å². The fourth-order valence-corrected chi connectivity index (χ4v) is 2.13. The van der Waals surface area contributed by atoms with Crippen LogP contribution < -0.4 is 4.90 Å². The van der Waals surface area contributed by atoms with Crippen molar-refractivity contribution in [3.63, 3.8) is 0 Å². The van der Waals surface area contributed by atoms with Crippen molar-refractivity contribution in [2.24, 2.45) is 0 Å². The lowest BCUT2D eigenvalue weighted by Gasteiger charge is -2.16. The van der Waals surface area contributed by atoms with E-state index >= 15 is 0 Å². The van der Waals surface area contributed by atoms with Crippen molar-refractivity contribution in [1.29, 1.82) is 0 Å². The highest BCUT2D eigenvalue weighted by Crippen LogP contribution is 2.18. The molecule has 0 saturated heterocycles. The van der Waals surface area contributed by atoms with E-state index in [1.54, 1.807) is 19.2 Å². The van der Waals surface area contributed by atoms with Crippen molar-refractivity contribution in [3.05, 3.63) is 65.6 Å². The molecule has 0 atom stereocenters. The average molecular weight is 332 g/mol. The van der Waals surface area contributed by atoms with Crippen molar-refractivity contribution in [1.82, 2.24) is 19.7 Å². The molecule has 0 spiro atoms. The van der Waals surface area contributed by atoms with Crippen LogP contribution in [0.25, 0.3) is 5.69 Å². The molecule has 0 saturated carbocycles. The summed E-state index contributed by atoms with van der Waals surface area (Å²) in [6.45, 7) is 0. The average Bonchev–Trinajstić information content (AvgIpc) is 3.08. The minimum absolute atomic E-state index is 0.200. The number of benzene rings is 1. The first-order chi connectivity index (χ1) is 11.1. The van der Waals surface area contributed by atoms with Gasteiger partial charge in [-0.25, -0.2) is 19.0 Å². The molecule has 1 amide bonds. The Kier molecular flexibility index (Phi) is 4.03. The third kappa shape index (κ3) is 3.04. The van der Waals surface area contributed by atoms with Crippen LogP contribution in [0.3, 0.4) is 0 Å². The first-order valence-electron chi connectivity index (χ1n) is 6.60. The summed E-state index contributed by atoms with van der Waals surface area (Å²) in [5.74, 6) is -0.539. The summed E-state index contributed by atoms with van der Waals surface area (Å²) in [7, 11) is 1.56. The maximum Gasteiger partial charge on any atom is 0.259 e. The lowest BCUT2D eigenvalue weighted by atomic mass is 10.1. The number of halogens is 2. The Labute approximate surface area is 136 Å². The van der Waals surface area contributed by atoms with E-state index in [-0.39, 0.29) is 17.2 Å². The Morgan fingerprint density at radius 3 is 2.74 bits per heavy atom. The Bertz CT molecular complexity index is 836. The Balaban J connectivity index is 1.88. The predicted octanol–water partition coefficient (Wildman–Crippen LogP) is 2.73. The van der Waals surface area contributed by atoms with Crippen LogP contribution in [-0.2, 0) is 0 Å². The molecule has 0 aliphatic rings. The zero-order chi connectivity index (χ0) is 16.4. The molecule has 0 unspecified atom stereocenters. The summed E-state index contributed by atoms with van der Waals surface area (Å²) in [6.07, 6.45) is 4.12. The molecular formula is C15H11ClFN5O. The van der Waals surface area contributed by atoms with Gasteiger partial charge in [-0.15, -0.1) is 0 Å². The largest absolute Gasteiger partial charge is 0.296 e. The molecule has 0 N–H and O–H groups in total. The molecule has 3 rings (SSSR count). The van der Waals surface area contributed by atoms with Gasteiger partial charge in [0.15, 0.2) is 0 Å². The van der Waals surface area contributed by atoms with Crippen LogP contribution in [0.5, 0.6) is 0 Å². The van der Waals surface area contributed by atoms with Crippen molar-refractivity contribution < 1.29 is 9.18 Å². The number of carbonyl (C=O) groups excluding carboxylic acids is 1. The zero-order valence-corrected chi connectivity index (χ0v) is 12.8. The van der Waals surface area contributed by atoms with Crippen LogP contribution in [0.15, 0.2) is 49.2 Å². The molecule has 2 aromatic heterocycles. The highest BCUT2D eigenvalue weighted by atomic mass is 35.5. The number of hydrogen-bond donors (Lipinski definition) is 0. The summed E-state index contributed by atoms with van der Waals surface area (Å²) in [6, 6.07) is 7.39. The third-order valence-electron chi connectivity index (χ3n) is 3.22. The van der Waals surface area contributed by atoms with Gasteiger partial charge in [-0.1, -0.05) is 11.6 Å². The Hall–Kier alpha value is -2.80. The standard InChI is InChI=1S/C15H11ClFN5O/c1-21(14-5-3-11(16)7-19-14)15(23)10-2-4-13(12(17)6-10)22-9-18-8-20-22/h2-9H,1H3. The first-order valence-corrected chi connectivity index (χ1v) is 6.98. The van der Waals surface area contributed by atoms with Crippen LogP contribution in [0.1, 0.15) is 10.4 Å². The Morgan fingerprint density at radius 1 is 1.30 bits per heavy atom. The molecule has 0 bridgehead atoms. The number of aromatic nitrogens is 4. The number of anilines is 1. The minimum Gasteiger partial charge on any atom is -0.296 e. The first kappa shape index (κ1) is 15.1. The third-order valence-corrected chi connectivity index (χ3v) is 3.44. The number of carbonyl (C=O) groups is 1. The molecule has 0 radical (unpaired) electrons. The number of amides is 1. The number of hydrogen-bond acceptors (Lipinski definition) is 4. The second kappa shape index (κ2) is 6.13. The molecule has 8 heteroatoms. The quantitative estimate of drug-likeness (QED) is 0.740. The second-order valence-electron chi connectivity index (χ2n) is 4.71. The summed E-state index contributed by atoms with van der Waals surface area (Å²) < 4.78 is 15.5. The molecule has 0 fully saturated rings. The van der Waals surface area contributed by atoms with Gasteiger partial charge < -0.3 is 0 Å². The second-order valence-corrected chi connectivity index (χ2v) is 5.14. The van der Waals surface area contributed by atoms with Crippen molar-refractivity contribution in [3.8, 4) is 5.69 Å². The number of pyridine rings is 1. The van der Waals surface area contributed by atoms with E-state index in [2.05, 4.69) is 15.1 Å². The maximum atomic E-state index is 14.2. The summed E-state index contributed by atoms with van der Waals surface area (Å²) in [5.41, 5.74) is 0.414. The Morgan fingerprint density at radius 2 is 2.13 bits per heavy atom. The van der Waals surface area contributed by atoms with Crippen LogP contribution in [-0.4, -0.2) is 32.7 Å². The van der Waals surface area contributed by atoms with Gasteiger partial charge in [0, 0.05) is 18.8 Å². The molecule has 0 aliphatic carbocycles. The summed E-state index contributed by atoms with van der Waals surface area (Å²) in [4.78, 5) is 21.6. The van der Waals surface area contributed by atoms with Crippen molar-refractivity contribution in [2.45, 2.75) is 0 Å². The SMILES string of the molecule is CN(C(=O)c1ccc(-n2cncn2)c(F)c1)c1ccc(Cl)cn1. The van der Waals surface area contributed by atoms with E-state index in [0.717, 1.165) is 6.07 Å². The van der Waals surface area contributed by atoms with Gasteiger partial charge in [-0.05, 0) is 30.3 Å². The lowest BCUT2D eigenvalue weighted by molar-refractivity contribution is 0.0992. The van der Waals surface area contributed by atoms with E-state index in [4.69, 9.17) is 11.6 Å². The molecule has 116 valence electrons. The van der Waals surface area contributed by atoms with E-state index in [0.29, 0.717) is 10.8 Å². The fraction of sp³-hybridized carbons (Fsp3) is 0.0667. The van der Waals surface area contributed by atoms with Gasteiger partial charge in [-0.2, -0.15) is 5.10 Å². The fourth-order valence-electron chi connectivity index (χ4n) is 2.02. The van der Waals surface area contributed by atoms with Crippen molar-refractivity contribution >= 4 is 23.3 Å². The summed E-state index contributed by atoms with van der Waals surface area (Å²) in [5, 5.41) is 4.33. The van der Waals surface area contributed by atoms with Gasteiger partial charge in [0.05, 0.1) is 5.02 Å². The molecule has 23 heavy (non-hydrogen) atoms. The lowest BCUT2D eigenvalue weighted by Crippen LogP contribution is -2.27. The van der Waals surface area contributed by atoms with Gasteiger partial charge in [0.1, 0.15) is 30.0 Å². The molecule has 1 aromatic carbocycles. The van der Waals surface area contributed by atoms with Gasteiger partial charge in [0.2, 0.25) is 0 Å². The topological polar surface area (TPSA) is 63.9 Å². The summed E-state index contributed by atoms with van der Waals surface area (Å²) >= 11 is 5.77. The highest BCUT2D eigenvalue weighted by Gasteiger charge is 2.17. The zero-order valence-electron chi connectivity index (χ0n) is 12.0. The minimum atomic E-state index is -0.571. The smallest absolute Gasteiger partial charge is 0.259 e. The maximum absolute atomic E-state index is 14.2. The van der Waals surface area contributed by atoms with E-state index < -0.39 is 5.82 Å². The van der Waals surface area contributed by atoms with Gasteiger partial charge in [-0.3, -0.25) is 9.69 Å². The van der Waals surface area contributed by atoms with Crippen molar-refractivity contribution in [2.75, 3.05) is 11.9 Å². The monoisotopic (exact) mass is 331 g/mol. The molecule has 2 heterocycles. The number of rotatable bonds is 3.